The molecule has 2 aromatic carbocycles. The van der Waals surface area contributed by atoms with Gasteiger partial charge in [-0.2, -0.15) is 5.10 Å². The standard InChI is InChI=1S/C23H26N4OS/c1-15(2)18-12-10-17(11-13-18)14-24-27-23-25-20(19-8-6-5-7-9-19)22(29-23)26-21(28)16(3)4/h5-16H,1-4H3,(H,25,27)(H,26,28). The summed E-state index contributed by atoms with van der Waals surface area (Å²) >= 11 is 1.37. The quantitative estimate of drug-likeness (QED) is 0.375. The molecule has 29 heavy (non-hydrogen) atoms. The lowest BCUT2D eigenvalue weighted by Crippen LogP contribution is -2.17. The third-order valence-corrected chi connectivity index (χ3v) is 5.29. The summed E-state index contributed by atoms with van der Waals surface area (Å²) in [7, 11) is 0. The van der Waals surface area contributed by atoms with E-state index < -0.39 is 0 Å². The largest absolute Gasteiger partial charge is 0.316 e. The summed E-state index contributed by atoms with van der Waals surface area (Å²) in [4.78, 5) is 16.8. The predicted molar refractivity (Wildman–Crippen MR) is 123 cm³/mol. The smallest absolute Gasteiger partial charge is 0.227 e. The van der Waals surface area contributed by atoms with E-state index >= 15 is 0 Å². The van der Waals surface area contributed by atoms with Crippen LogP contribution in [0.4, 0.5) is 10.1 Å². The topological polar surface area (TPSA) is 66.4 Å². The Kier molecular flexibility index (Phi) is 6.77. The van der Waals surface area contributed by atoms with Gasteiger partial charge < -0.3 is 5.32 Å². The molecular formula is C23H26N4OS. The number of amides is 1. The summed E-state index contributed by atoms with van der Waals surface area (Å²) in [5.74, 6) is 0.361. The molecule has 0 bridgehead atoms. The maximum atomic E-state index is 12.2. The lowest BCUT2D eigenvalue weighted by atomic mass is 10.0. The van der Waals surface area contributed by atoms with E-state index in [9.17, 15) is 4.79 Å². The molecule has 0 aliphatic carbocycles. The van der Waals surface area contributed by atoms with Crippen LogP contribution < -0.4 is 10.7 Å². The molecule has 0 aliphatic heterocycles. The monoisotopic (exact) mass is 406 g/mol. The third-order valence-electron chi connectivity index (χ3n) is 4.41. The molecule has 1 amide bonds. The van der Waals surface area contributed by atoms with Gasteiger partial charge in [0.05, 0.1) is 6.21 Å². The van der Waals surface area contributed by atoms with Gasteiger partial charge in [-0.05, 0) is 17.0 Å². The third kappa shape index (κ3) is 5.51. The molecule has 0 unspecified atom stereocenters. The number of hydrogen-bond acceptors (Lipinski definition) is 5. The van der Waals surface area contributed by atoms with Crippen molar-refractivity contribution >= 4 is 33.6 Å². The normalized spacial score (nSPS) is 11.4. The Morgan fingerprint density at radius 1 is 1.03 bits per heavy atom. The van der Waals surface area contributed by atoms with Gasteiger partial charge in [0.25, 0.3) is 0 Å². The second-order valence-electron chi connectivity index (χ2n) is 7.40. The van der Waals surface area contributed by atoms with Crippen LogP contribution in [0, 0.1) is 5.92 Å². The summed E-state index contributed by atoms with van der Waals surface area (Å²) in [6.07, 6.45) is 1.76. The first-order chi connectivity index (χ1) is 13.9. The fraction of sp³-hybridized carbons (Fsp3) is 0.261. The maximum absolute atomic E-state index is 12.2. The van der Waals surface area contributed by atoms with Crippen molar-refractivity contribution in [2.75, 3.05) is 10.7 Å². The highest BCUT2D eigenvalue weighted by Gasteiger charge is 2.16. The second-order valence-corrected chi connectivity index (χ2v) is 8.40. The lowest BCUT2D eigenvalue weighted by molar-refractivity contribution is -0.118. The van der Waals surface area contributed by atoms with Crippen LogP contribution in [-0.4, -0.2) is 17.1 Å². The highest BCUT2D eigenvalue weighted by Crippen LogP contribution is 2.36. The van der Waals surface area contributed by atoms with E-state index in [1.807, 2.05) is 56.3 Å². The molecule has 0 atom stereocenters. The summed E-state index contributed by atoms with van der Waals surface area (Å²) in [6, 6.07) is 18.1. The van der Waals surface area contributed by atoms with Crippen LogP contribution >= 0.6 is 11.3 Å². The predicted octanol–water partition coefficient (Wildman–Crippen LogP) is 5.97. The lowest BCUT2D eigenvalue weighted by Gasteiger charge is -2.07. The van der Waals surface area contributed by atoms with Crippen LogP contribution in [0.5, 0.6) is 0 Å². The summed E-state index contributed by atoms with van der Waals surface area (Å²) in [5, 5.41) is 8.63. The molecule has 1 aromatic heterocycles. The van der Waals surface area contributed by atoms with E-state index in [2.05, 4.69) is 46.8 Å². The van der Waals surface area contributed by atoms with Crippen molar-refractivity contribution in [2.24, 2.45) is 11.0 Å². The fourth-order valence-electron chi connectivity index (χ4n) is 2.63. The van der Waals surface area contributed by atoms with Crippen molar-refractivity contribution in [3.05, 3.63) is 65.7 Å². The van der Waals surface area contributed by atoms with Crippen molar-refractivity contribution in [3.8, 4) is 11.3 Å². The van der Waals surface area contributed by atoms with Crippen molar-refractivity contribution in [3.63, 3.8) is 0 Å². The minimum atomic E-state index is -0.107. The highest BCUT2D eigenvalue weighted by molar-refractivity contribution is 7.20. The van der Waals surface area contributed by atoms with Crippen molar-refractivity contribution in [1.82, 2.24) is 4.98 Å². The Balaban J connectivity index is 1.78. The second kappa shape index (κ2) is 9.47. The number of hydrogen-bond donors (Lipinski definition) is 2. The van der Waals surface area contributed by atoms with Crippen LogP contribution in [0.25, 0.3) is 11.3 Å². The summed E-state index contributed by atoms with van der Waals surface area (Å²) in [6.45, 7) is 8.08. The van der Waals surface area contributed by atoms with E-state index in [1.165, 1.54) is 16.9 Å². The van der Waals surface area contributed by atoms with Gasteiger partial charge in [-0.3, -0.25) is 10.2 Å². The number of nitrogens with one attached hydrogen (secondary N) is 2. The molecule has 3 rings (SSSR count). The van der Waals surface area contributed by atoms with E-state index in [0.717, 1.165) is 16.8 Å². The summed E-state index contributed by atoms with van der Waals surface area (Å²) in [5.41, 5.74) is 6.99. The Morgan fingerprint density at radius 2 is 1.72 bits per heavy atom. The first-order valence-electron chi connectivity index (χ1n) is 9.70. The molecule has 3 aromatic rings. The first-order valence-corrected chi connectivity index (χ1v) is 10.5. The van der Waals surface area contributed by atoms with Crippen molar-refractivity contribution in [1.29, 1.82) is 0 Å². The van der Waals surface area contributed by atoms with Gasteiger partial charge in [-0.15, -0.1) is 0 Å². The van der Waals surface area contributed by atoms with Gasteiger partial charge in [0.2, 0.25) is 11.0 Å². The molecular weight excluding hydrogens is 380 g/mol. The SMILES string of the molecule is CC(C)C(=O)Nc1sc(NN=Cc2ccc(C(C)C)cc2)nc1-c1ccccc1. The number of carbonyl (C=O) groups excluding carboxylic acids is 1. The van der Waals surface area contributed by atoms with E-state index in [-0.39, 0.29) is 11.8 Å². The molecule has 150 valence electrons. The van der Waals surface area contributed by atoms with E-state index in [0.29, 0.717) is 16.1 Å². The molecule has 0 fully saturated rings. The number of rotatable bonds is 7. The number of benzene rings is 2. The van der Waals surface area contributed by atoms with Crippen LogP contribution in [0.2, 0.25) is 0 Å². The average molecular weight is 407 g/mol. The molecule has 0 radical (unpaired) electrons. The zero-order valence-electron chi connectivity index (χ0n) is 17.1. The number of carbonyl (C=O) groups is 1. The van der Waals surface area contributed by atoms with E-state index in [1.54, 1.807) is 6.21 Å². The Bertz CT molecular complexity index is 976. The molecule has 5 nitrogen and oxygen atoms in total. The van der Waals surface area contributed by atoms with Gasteiger partial charge >= 0.3 is 0 Å². The van der Waals surface area contributed by atoms with Crippen LogP contribution in [0.15, 0.2) is 59.7 Å². The fourth-order valence-corrected chi connectivity index (χ4v) is 3.47. The van der Waals surface area contributed by atoms with Gasteiger partial charge in [-0.1, -0.05) is 93.6 Å². The number of anilines is 2. The number of hydrazone groups is 1. The van der Waals surface area contributed by atoms with Crippen molar-refractivity contribution < 1.29 is 4.79 Å². The van der Waals surface area contributed by atoms with Gasteiger partial charge in [0.15, 0.2) is 0 Å². The Labute approximate surface area is 175 Å². The summed E-state index contributed by atoms with van der Waals surface area (Å²) < 4.78 is 0. The molecule has 0 saturated carbocycles. The van der Waals surface area contributed by atoms with Gasteiger partial charge in [0.1, 0.15) is 10.7 Å². The Morgan fingerprint density at radius 3 is 2.34 bits per heavy atom. The van der Waals surface area contributed by atoms with Crippen LogP contribution in [-0.2, 0) is 4.79 Å². The average Bonchev–Trinajstić information content (AvgIpc) is 3.11. The number of aromatic nitrogens is 1. The van der Waals surface area contributed by atoms with Crippen LogP contribution in [0.1, 0.15) is 44.7 Å². The Hall–Kier alpha value is -2.99. The number of nitrogens with zero attached hydrogens (tertiary/aromatic N) is 2. The molecule has 0 saturated heterocycles. The zero-order chi connectivity index (χ0) is 20.8. The van der Waals surface area contributed by atoms with Crippen LogP contribution in [0.3, 0.4) is 0 Å². The minimum absolute atomic E-state index is 0.0360. The first kappa shape index (κ1) is 20.7. The highest BCUT2D eigenvalue weighted by atomic mass is 32.1. The minimum Gasteiger partial charge on any atom is -0.316 e. The molecule has 6 heteroatoms. The molecule has 2 N–H and O–H groups in total. The van der Waals surface area contributed by atoms with Gasteiger partial charge in [-0.25, -0.2) is 4.98 Å². The van der Waals surface area contributed by atoms with Crippen molar-refractivity contribution in [2.45, 2.75) is 33.6 Å². The molecule has 0 spiro atoms. The van der Waals surface area contributed by atoms with E-state index in [4.69, 9.17) is 0 Å². The number of thiazole rings is 1. The zero-order valence-corrected chi connectivity index (χ0v) is 18.0. The maximum Gasteiger partial charge on any atom is 0.227 e. The van der Waals surface area contributed by atoms with Gasteiger partial charge in [0, 0.05) is 11.5 Å². The molecule has 1 heterocycles. The molecule has 0 aliphatic rings.